The van der Waals surface area contributed by atoms with Gasteiger partial charge in [0, 0.05) is 6.61 Å². The first-order valence-corrected chi connectivity index (χ1v) is 14.5. The van der Waals surface area contributed by atoms with Crippen molar-refractivity contribution in [3.63, 3.8) is 0 Å². The van der Waals surface area contributed by atoms with Gasteiger partial charge in [0.05, 0.1) is 0 Å². The molecule has 0 saturated carbocycles. The third-order valence-corrected chi connectivity index (χ3v) is 6.97. The van der Waals surface area contributed by atoms with Crippen molar-refractivity contribution in [2.24, 2.45) is 5.92 Å². The van der Waals surface area contributed by atoms with Gasteiger partial charge in [0.1, 0.15) is 0 Å². The van der Waals surface area contributed by atoms with E-state index in [-0.39, 0.29) is 0 Å². The first kappa shape index (κ1) is 30.0. The van der Waals surface area contributed by atoms with E-state index in [1.165, 1.54) is 154 Å². The van der Waals surface area contributed by atoms with Crippen molar-refractivity contribution in [3.8, 4) is 0 Å². The van der Waals surface area contributed by atoms with Crippen molar-refractivity contribution in [1.82, 2.24) is 0 Å². The van der Waals surface area contributed by atoms with Gasteiger partial charge in [-0.05, 0) is 12.3 Å². The molecule has 0 saturated heterocycles. The Morgan fingerprint density at radius 2 is 0.633 bits per heavy atom. The summed E-state index contributed by atoms with van der Waals surface area (Å²) in [5, 5.41) is 9.39. The quantitative estimate of drug-likeness (QED) is 0.137. The molecule has 1 unspecified atom stereocenters. The van der Waals surface area contributed by atoms with Crippen LogP contribution in [0.15, 0.2) is 0 Å². The number of rotatable bonds is 26. The molecule has 1 atom stereocenters. The first-order chi connectivity index (χ1) is 14.8. The zero-order chi connectivity index (χ0) is 22.0. The Labute approximate surface area is 192 Å². The molecule has 0 aliphatic carbocycles. The summed E-state index contributed by atoms with van der Waals surface area (Å²) >= 11 is 0. The Morgan fingerprint density at radius 1 is 0.367 bits per heavy atom. The second kappa shape index (κ2) is 27.0. The predicted octanol–water partition coefficient (Wildman–Crippen LogP) is 10.4. The zero-order valence-electron chi connectivity index (χ0n) is 21.4. The van der Waals surface area contributed by atoms with E-state index < -0.39 is 0 Å². The van der Waals surface area contributed by atoms with Gasteiger partial charge in [-0.15, -0.1) is 0 Å². The highest BCUT2D eigenvalue weighted by Gasteiger charge is 2.08. The molecule has 30 heavy (non-hydrogen) atoms. The smallest absolute Gasteiger partial charge is 0.0433 e. The van der Waals surface area contributed by atoms with Gasteiger partial charge in [-0.1, -0.05) is 168 Å². The largest absolute Gasteiger partial charge is 0.396 e. The Bertz CT molecular complexity index is 288. The summed E-state index contributed by atoms with van der Waals surface area (Å²) in [4.78, 5) is 0. The van der Waals surface area contributed by atoms with Crippen LogP contribution < -0.4 is 0 Å². The molecule has 0 heterocycles. The molecule has 0 rings (SSSR count). The van der Waals surface area contributed by atoms with E-state index in [4.69, 9.17) is 0 Å². The topological polar surface area (TPSA) is 20.2 Å². The van der Waals surface area contributed by atoms with E-state index in [0.717, 1.165) is 12.3 Å². The van der Waals surface area contributed by atoms with Crippen LogP contribution in [0.1, 0.15) is 174 Å². The highest BCUT2D eigenvalue weighted by Crippen LogP contribution is 2.22. The van der Waals surface area contributed by atoms with E-state index >= 15 is 0 Å². The summed E-state index contributed by atoms with van der Waals surface area (Å²) in [6.45, 7) is 4.98. The van der Waals surface area contributed by atoms with E-state index in [1.54, 1.807) is 0 Å². The summed E-state index contributed by atoms with van der Waals surface area (Å²) in [6.07, 6.45) is 35.2. The molecular weight excluding hydrogens is 364 g/mol. The minimum Gasteiger partial charge on any atom is -0.396 e. The lowest BCUT2D eigenvalue weighted by Gasteiger charge is -2.15. The number of hydrogen-bond donors (Lipinski definition) is 1. The Hall–Kier alpha value is -0.0400. The first-order valence-electron chi connectivity index (χ1n) is 14.5. The highest BCUT2D eigenvalue weighted by molar-refractivity contribution is 4.61. The molecular formula is C29H60O. The third-order valence-electron chi connectivity index (χ3n) is 6.97. The van der Waals surface area contributed by atoms with Crippen LogP contribution in [-0.4, -0.2) is 11.7 Å². The highest BCUT2D eigenvalue weighted by atomic mass is 16.3. The van der Waals surface area contributed by atoms with E-state index in [9.17, 15) is 5.11 Å². The number of hydrogen-bond acceptors (Lipinski definition) is 1. The van der Waals surface area contributed by atoms with Crippen molar-refractivity contribution >= 4 is 0 Å². The monoisotopic (exact) mass is 424 g/mol. The summed E-state index contributed by atoms with van der Waals surface area (Å²) in [6, 6.07) is 0. The van der Waals surface area contributed by atoms with Crippen LogP contribution in [-0.2, 0) is 0 Å². The van der Waals surface area contributed by atoms with Gasteiger partial charge >= 0.3 is 0 Å². The van der Waals surface area contributed by atoms with E-state index in [0.29, 0.717) is 6.61 Å². The fraction of sp³-hybridized carbons (Fsp3) is 1.00. The second-order valence-electron chi connectivity index (χ2n) is 10.0. The molecule has 0 spiro atoms. The van der Waals surface area contributed by atoms with E-state index in [2.05, 4.69) is 13.8 Å². The van der Waals surface area contributed by atoms with Crippen molar-refractivity contribution in [2.75, 3.05) is 6.61 Å². The number of aliphatic hydroxyl groups excluding tert-OH is 1. The summed E-state index contributed by atoms with van der Waals surface area (Å²) in [5.41, 5.74) is 0. The Kier molecular flexibility index (Phi) is 27.0. The average Bonchev–Trinajstić information content (AvgIpc) is 2.75. The zero-order valence-corrected chi connectivity index (χ0v) is 21.4. The normalized spacial score (nSPS) is 12.5. The summed E-state index contributed by atoms with van der Waals surface area (Å²) in [7, 11) is 0. The molecule has 1 nitrogen and oxygen atoms in total. The number of aliphatic hydroxyl groups is 1. The Balaban J connectivity index is 3.39. The molecule has 182 valence electrons. The van der Waals surface area contributed by atoms with Crippen LogP contribution in [0.25, 0.3) is 0 Å². The second-order valence-corrected chi connectivity index (χ2v) is 10.0. The van der Waals surface area contributed by atoms with Gasteiger partial charge in [-0.3, -0.25) is 0 Å². The van der Waals surface area contributed by atoms with E-state index in [1.807, 2.05) is 0 Å². The van der Waals surface area contributed by atoms with Gasteiger partial charge in [0.15, 0.2) is 0 Å². The molecule has 0 aromatic rings. The van der Waals surface area contributed by atoms with Crippen LogP contribution in [0, 0.1) is 5.92 Å². The molecule has 0 aliphatic rings. The van der Waals surface area contributed by atoms with Gasteiger partial charge in [-0.2, -0.15) is 0 Å². The lowest BCUT2D eigenvalue weighted by molar-refractivity contribution is 0.241. The molecule has 0 aromatic heterocycles. The van der Waals surface area contributed by atoms with Crippen LogP contribution in [0.3, 0.4) is 0 Å². The molecule has 0 amide bonds. The van der Waals surface area contributed by atoms with Gasteiger partial charge in [0.25, 0.3) is 0 Å². The van der Waals surface area contributed by atoms with Crippen LogP contribution in [0.4, 0.5) is 0 Å². The molecule has 0 aromatic carbocycles. The maximum Gasteiger partial charge on any atom is 0.0433 e. The lowest BCUT2D eigenvalue weighted by Crippen LogP contribution is -2.03. The molecule has 0 bridgehead atoms. The third kappa shape index (κ3) is 24.2. The SMILES string of the molecule is CCCCCCCCCCCCCCC(CCO)CCCCCCCCCCCC. The fourth-order valence-electron chi connectivity index (χ4n) is 4.81. The maximum atomic E-state index is 9.39. The maximum absolute atomic E-state index is 9.39. The van der Waals surface area contributed by atoms with Crippen molar-refractivity contribution in [3.05, 3.63) is 0 Å². The minimum absolute atomic E-state index is 0.390. The standard InChI is InChI=1S/C29H60O/c1-3-5-7-9-11-13-15-16-18-20-22-24-26-29(27-28-30)25-23-21-19-17-14-12-10-8-6-4-2/h29-30H,3-28H2,1-2H3. The number of unbranched alkanes of at least 4 members (excludes halogenated alkanes) is 20. The van der Waals surface area contributed by atoms with Crippen LogP contribution in [0.5, 0.6) is 0 Å². The van der Waals surface area contributed by atoms with Crippen molar-refractivity contribution < 1.29 is 5.11 Å². The van der Waals surface area contributed by atoms with Crippen molar-refractivity contribution in [1.29, 1.82) is 0 Å². The lowest BCUT2D eigenvalue weighted by atomic mass is 9.91. The van der Waals surface area contributed by atoms with Gasteiger partial charge < -0.3 is 5.11 Å². The Morgan fingerprint density at radius 3 is 0.900 bits per heavy atom. The molecule has 1 heteroatoms. The van der Waals surface area contributed by atoms with Crippen molar-refractivity contribution in [2.45, 2.75) is 174 Å². The molecule has 0 fully saturated rings. The van der Waals surface area contributed by atoms with Crippen LogP contribution in [0.2, 0.25) is 0 Å². The van der Waals surface area contributed by atoms with Crippen LogP contribution >= 0.6 is 0 Å². The predicted molar refractivity (Wildman–Crippen MR) is 137 cm³/mol. The minimum atomic E-state index is 0.390. The fourth-order valence-corrected chi connectivity index (χ4v) is 4.81. The van der Waals surface area contributed by atoms with Gasteiger partial charge in [0.2, 0.25) is 0 Å². The summed E-state index contributed by atoms with van der Waals surface area (Å²) < 4.78 is 0. The molecule has 0 aliphatic heterocycles. The molecule has 1 N–H and O–H groups in total. The van der Waals surface area contributed by atoms with Gasteiger partial charge in [-0.25, -0.2) is 0 Å². The summed E-state index contributed by atoms with van der Waals surface area (Å²) in [5.74, 6) is 0.784. The average molecular weight is 425 g/mol. The molecule has 0 radical (unpaired) electrons.